The summed E-state index contributed by atoms with van der Waals surface area (Å²) in [7, 11) is 0. The first-order chi connectivity index (χ1) is 15.4. The molecule has 7 heteroatoms. The summed E-state index contributed by atoms with van der Waals surface area (Å²) in [5.74, 6) is 1.38. The lowest BCUT2D eigenvalue weighted by atomic mass is 10.2. The van der Waals surface area contributed by atoms with Gasteiger partial charge in [0.2, 0.25) is 5.91 Å². The third kappa shape index (κ3) is 6.99. The van der Waals surface area contributed by atoms with Crippen LogP contribution in [0, 0.1) is 6.92 Å². The molecule has 3 rings (SSSR count). The van der Waals surface area contributed by atoms with Gasteiger partial charge in [0, 0.05) is 23.2 Å². The van der Waals surface area contributed by atoms with Gasteiger partial charge in [0.25, 0.3) is 0 Å². The first kappa shape index (κ1) is 23.6. The van der Waals surface area contributed by atoms with Gasteiger partial charge in [-0.3, -0.25) is 4.79 Å². The number of benzene rings is 2. The Morgan fingerprint density at radius 3 is 2.28 bits per heavy atom. The molecular weight excluding hydrogens is 470 g/mol. The van der Waals surface area contributed by atoms with Gasteiger partial charge in [-0.05, 0) is 55.3 Å². The van der Waals surface area contributed by atoms with E-state index in [4.69, 9.17) is 4.42 Å². The van der Waals surface area contributed by atoms with Gasteiger partial charge in [0.1, 0.15) is 18.1 Å². The summed E-state index contributed by atoms with van der Waals surface area (Å²) in [6.07, 6.45) is 0.747. The average molecular weight is 498 g/mol. The maximum Gasteiger partial charge on any atom is 0.322 e. The molecule has 0 atom stereocenters. The molecule has 168 valence electrons. The number of urea groups is 1. The van der Waals surface area contributed by atoms with Crippen LogP contribution in [0.2, 0.25) is 0 Å². The van der Waals surface area contributed by atoms with Crippen LogP contribution in [0.25, 0.3) is 0 Å². The fourth-order valence-corrected chi connectivity index (χ4v) is 3.58. The van der Waals surface area contributed by atoms with Crippen LogP contribution in [0.15, 0.2) is 75.6 Å². The van der Waals surface area contributed by atoms with Crippen LogP contribution in [-0.4, -0.2) is 34.8 Å². The summed E-state index contributed by atoms with van der Waals surface area (Å²) in [5.41, 5.74) is 1.70. The molecule has 0 radical (unpaired) electrons. The second-order valence-corrected chi connectivity index (χ2v) is 8.52. The molecule has 0 unspecified atom stereocenters. The summed E-state index contributed by atoms with van der Waals surface area (Å²) in [6, 6.07) is 20.6. The van der Waals surface area contributed by atoms with E-state index in [1.54, 1.807) is 9.80 Å². The summed E-state index contributed by atoms with van der Waals surface area (Å²) < 4.78 is 6.63. The number of aryl methyl sites for hydroxylation is 1. The van der Waals surface area contributed by atoms with Gasteiger partial charge >= 0.3 is 6.03 Å². The highest BCUT2D eigenvalue weighted by Crippen LogP contribution is 2.16. The predicted molar refractivity (Wildman–Crippen MR) is 129 cm³/mol. The molecule has 0 spiro atoms. The van der Waals surface area contributed by atoms with Crippen molar-refractivity contribution in [3.8, 4) is 0 Å². The Morgan fingerprint density at radius 2 is 1.66 bits per heavy atom. The van der Waals surface area contributed by atoms with E-state index < -0.39 is 0 Å². The Hall–Kier alpha value is -3.06. The Labute approximate surface area is 197 Å². The first-order valence-electron chi connectivity index (χ1n) is 10.6. The molecule has 0 saturated heterocycles. The van der Waals surface area contributed by atoms with Crippen molar-refractivity contribution < 1.29 is 14.0 Å². The molecule has 0 fully saturated rings. The molecular formula is C25H28BrN3O3. The summed E-state index contributed by atoms with van der Waals surface area (Å²) in [6.45, 7) is 5.11. The van der Waals surface area contributed by atoms with Crippen LogP contribution >= 0.6 is 15.9 Å². The maximum absolute atomic E-state index is 13.3. The van der Waals surface area contributed by atoms with Gasteiger partial charge < -0.3 is 19.5 Å². The first-order valence-corrected chi connectivity index (χ1v) is 11.4. The van der Waals surface area contributed by atoms with E-state index in [1.165, 1.54) is 0 Å². The number of amides is 3. The quantitative estimate of drug-likeness (QED) is 0.404. The van der Waals surface area contributed by atoms with Crippen LogP contribution in [0.3, 0.4) is 0 Å². The van der Waals surface area contributed by atoms with Crippen molar-refractivity contribution in [3.63, 3.8) is 0 Å². The van der Waals surface area contributed by atoms with Crippen LogP contribution in [0.4, 0.5) is 10.5 Å². The molecule has 0 aliphatic heterocycles. The van der Waals surface area contributed by atoms with Gasteiger partial charge in [-0.1, -0.05) is 53.2 Å². The van der Waals surface area contributed by atoms with Crippen LogP contribution in [0.1, 0.15) is 30.4 Å². The lowest BCUT2D eigenvalue weighted by Gasteiger charge is -2.27. The Balaban J connectivity index is 1.72. The second kappa shape index (κ2) is 11.5. The van der Waals surface area contributed by atoms with E-state index in [2.05, 4.69) is 21.2 Å². The fraction of sp³-hybridized carbons (Fsp3) is 0.280. The number of carbonyl (C=O) groups excluding carboxylic acids is 2. The molecule has 6 nitrogen and oxygen atoms in total. The number of hydrogen-bond donors (Lipinski definition) is 1. The van der Waals surface area contributed by atoms with Crippen molar-refractivity contribution >= 4 is 33.6 Å². The third-order valence-corrected chi connectivity index (χ3v) is 5.44. The van der Waals surface area contributed by atoms with Gasteiger partial charge in [-0.2, -0.15) is 0 Å². The SMILES string of the molecule is CCCN(CC(=O)N(Cc1ccccc1)Cc1ccc(C)o1)C(=O)Nc1ccc(Br)cc1. The highest BCUT2D eigenvalue weighted by atomic mass is 79.9. The number of rotatable bonds is 9. The zero-order valence-corrected chi connectivity index (χ0v) is 20.0. The normalized spacial score (nSPS) is 10.6. The molecule has 1 aromatic heterocycles. The largest absolute Gasteiger partial charge is 0.464 e. The van der Waals surface area contributed by atoms with Crippen LogP contribution in [0.5, 0.6) is 0 Å². The Kier molecular flexibility index (Phi) is 8.50. The lowest BCUT2D eigenvalue weighted by molar-refractivity contribution is -0.133. The van der Waals surface area contributed by atoms with E-state index in [0.29, 0.717) is 31.1 Å². The van der Waals surface area contributed by atoms with Crippen molar-refractivity contribution in [3.05, 3.63) is 88.3 Å². The lowest BCUT2D eigenvalue weighted by Crippen LogP contribution is -2.44. The van der Waals surface area contributed by atoms with Gasteiger partial charge in [0.05, 0.1) is 6.54 Å². The van der Waals surface area contributed by atoms with Crippen molar-refractivity contribution in [2.45, 2.75) is 33.4 Å². The molecule has 0 aliphatic carbocycles. The fourth-order valence-electron chi connectivity index (χ4n) is 3.32. The molecule has 32 heavy (non-hydrogen) atoms. The van der Waals surface area contributed by atoms with Gasteiger partial charge in [0.15, 0.2) is 0 Å². The molecule has 0 bridgehead atoms. The summed E-state index contributed by atoms with van der Waals surface area (Å²) in [4.78, 5) is 29.5. The van der Waals surface area contributed by atoms with Gasteiger partial charge in [-0.15, -0.1) is 0 Å². The van der Waals surface area contributed by atoms with Gasteiger partial charge in [-0.25, -0.2) is 4.79 Å². The predicted octanol–water partition coefficient (Wildman–Crippen LogP) is 5.82. The highest BCUT2D eigenvalue weighted by Gasteiger charge is 2.22. The molecule has 3 amide bonds. The number of nitrogens with zero attached hydrogens (tertiary/aromatic N) is 2. The minimum atomic E-state index is -0.295. The zero-order chi connectivity index (χ0) is 22.9. The smallest absolute Gasteiger partial charge is 0.322 e. The summed E-state index contributed by atoms with van der Waals surface area (Å²) >= 11 is 3.39. The maximum atomic E-state index is 13.3. The molecule has 2 aromatic carbocycles. The minimum absolute atomic E-state index is 0.0112. The zero-order valence-electron chi connectivity index (χ0n) is 18.4. The number of furan rings is 1. The monoisotopic (exact) mass is 497 g/mol. The van der Waals surface area contributed by atoms with E-state index in [1.807, 2.05) is 80.6 Å². The number of nitrogens with one attached hydrogen (secondary N) is 1. The van der Waals surface area contributed by atoms with Crippen LogP contribution in [-0.2, 0) is 17.9 Å². The molecule has 0 saturated carbocycles. The second-order valence-electron chi connectivity index (χ2n) is 7.61. The van der Waals surface area contributed by atoms with Crippen molar-refractivity contribution in [2.75, 3.05) is 18.4 Å². The van der Waals surface area contributed by atoms with E-state index in [0.717, 1.165) is 22.2 Å². The molecule has 3 aromatic rings. The van der Waals surface area contributed by atoms with Crippen LogP contribution < -0.4 is 5.32 Å². The van der Waals surface area contributed by atoms with E-state index in [9.17, 15) is 9.59 Å². The Morgan fingerprint density at radius 1 is 0.938 bits per heavy atom. The Bertz CT molecular complexity index is 1020. The minimum Gasteiger partial charge on any atom is -0.464 e. The number of anilines is 1. The van der Waals surface area contributed by atoms with E-state index in [-0.39, 0.29) is 18.5 Å². The molecule has 1 heterocycles. The van der Waals surface area contributed by atoms with Crippen molar-refractivity contribution in [1.82, 2.24) is 9.80 Å². The number of halogens is 1. The number of hydrogen-bond acceptors (Lipinski definition) is 3. The third-order valence-electron chi connectivity index (χ3n) is 4.91. The highest BCUT2D eigenvalue weighted by molar-refractivity contribution is 9.10. The van der Waals surface area contributed by atoms with E-state index >= 15 is 0 Å². The van der Waals surface area contributed by atoms with Crippen molar-refractivity contribution in [2.24, 2.45) is 0 Å². The molecule has 1 N–H and O–H groups in total. The topological polar surface area (TPSA) is 65.8 Å². The standard InChI is InChI=1S/C25H28BrN3O3/c1-3-15-28(25(31)27-22-12-10-21(26)11-13-22)18-24(30)29(16-20-7-5-4-6-8-20)17-23-14-9-19(2)32-23/h4-14H,3,15-18H2,1-2H3,(H,27,31). The molecule has 0 aliphatic rings. The van der Waals surface area contributed by atoms with Crippen molar-refractivity contribution in [1.29, 1.82) is 0 Å². The number of carbonyl (C=O) groups is 2. The average Bonchev–Trinajstić information content (AvgIpc) is 3.20. The summed E-state index contributed by atoms with van der Waals surface area (Å²) in [5, 5.41) is 2.88.